The van der Waals surface area contributed by atoms with Crippen LogP contribution in [0.5, 0.6) is 0 Å². The predicted molar refractivity (Wildman–Crippen MR) is 88.1 cm³/mol. The van der Waals surface area contributed by atoms with Crippen molar-refractivity contribution in [1.29, 1.82) is 0 Å². The zero-order chi connectivity index (χ0) is 20.4. The third-order valence-electron chi connectivity index (χ3n) is 3.20. The summed E-state index contributed by atoms with van der Waals surface area (Å²) in [4.78, 5) is 63.3. The number of carbonyl (C=O) groups excluding carboxylic acids is 3. The second-order valence-electron chi connectivity index (χ2n) is 5.43. The highest BCUT2D eigenvalue weighted by molar-refractivity contribution is 5.93. The van der Waals surface area contributed by atoms with Gasteiger partial charge in [0.2, 0.25) is 17.7 Å². The zero-order valence-electron chi connectivity index (χ0n) is 14.1. The number of carbonyl (C=O) groups is 5. The first-order valence-corrected chi connectivity index (χ1v) is 7.70. The zero-order valence-corrected chi connectivity index (χ0v) is 14.1. The molecule has 0 bridgehead atoms. The maximum absolute atomic E-state index is 11.9. The van der Waals surface area contributed by atoms with Crippen molar-refractivity contribution in [2.24, 2.45) is 5.73 Å². The summed E-state index contributed by atoms with van der Waals surface area (Å²) in [5, 5.41) is 23.6. The number of carboxylic acid groups (broad SMARTS) is 2. The third-order valence-corrected chi connectivity index (χ3v) is 3.20. The second-order valence-corrected chi connectivity index (χ2v) is 5.43. The minimum Gasteiger partial charge on any atom is -0.481 e. The third kappa shape index (κ3) is 8.44. The molecule has 0 radical (unpaired) electrons. The Morgan fingerprint density at radius 2 is 1.74 bits per heavy atom. The quantitative estimate of drug-likeness (QED) is 0.201. The van der Waals surface area contributed by atoms with Crippen molar-refractivity contribution in [3.8, 4) is 0 Å². The first-order valence-electron chi connectivity index (χ1n) is 7.70. The molecule has 13 nitrogen and oxygen atoms in total. The van der Waals surface area contributed by atoms with Gasteiger partial charge < -0.3 is 36.9 Å². The SMILES string of the molecule is NC(Cc1cnc[nH]1)C(=O)NCC(=O)NC(CC(=O)O)C(=O)NCC(=O)O. The maximum atomic E-state index is 11.9. The summed E-state index contributed by atoms with van der Waals surface area (Å²) in [6.07, 6.45) is 2.31. The van der Waals surface area contributed by atoms with E-state index in [1.807, 2.05) is 5.32 Å². The highest BCUT2D eigenvalue weighted by Gasteiger charge is 2.24. The van der Waals surface area contributed by atoms with Gasteiger partial charge in [0.1, 0.15) is 12.6 Å². The Bertz CT molecular complexity index is 690. The number of H-pyrrole nitrogens is 1. The smallest absolute Gasteiger partial charge is 0.322 e. The fourth-order valence-electron chi connectivity index (χ4n) is 1.94. The van der Waals surface area contributed by atoms with Crippen molar-refractivity contribution in [3.05, 3.63) is 18.2 Å². The lowest BCUT2D eigenvalue weighted by molar-refractivity contribution is -0.141. The standard InChI is InChI=1S/C14H20N6O7/c15-8(1-7-3-16-6-19-7)13(26)17-4-10(21)20-9(2-11(22)23)14(27)18-5-12(24)25/h3,6,8-9H,1-2,4-5,15H2,(H,16,19)(H,17,26)(H,18,27)(H,20,21)(H,22,23)(H,24,25). The highest BCUT2D eigenvalue weighted by Crippen LogP contribution is 1.96. The molecular weight excluding hydrogens is 364 g/mol. The van der Waals surface area contributed by atoms with E-state index in [0.717, 1.165) is 0 Å². The Kier molecular flexibility index (Phi) is 8.38. The number of aromatic amines is 1. The molecule has 148 valence electrons. The molecule has 0 aliphatic heterocycles. The topological polar surface area (TPSA) is 217 Å². The van der Waals surface area contributed by atoms with Gasteiger partial charge in [0, 0.05) is 18.3 Å². The Morgan fingerprint density at radius 3 is 2.30 bits per heavy atom. The van der Waals surface area contributed by atoms with E-state index in [1.54, 1.807) is 0 Å². The van der Waals surface area contributed by atoms with E-state index in [9.17, 15) is 24.0 Å². The largest absolute Gasteiger partial charge is 0.481 e. The van der Waals surface area contributed by atoms with Crippen LogP contribution >= 0.6 is 0 Å². The van der Waals surface area contributed by atoms with E-state index in [2.05, 4.69) is 20.6 Å². The molecule has 0 saturated carbocycles. The molecule has 8 N–H and O–H groups in total. The molecule has 0 aliphatic rings. The van der Waals surface area contributed by atoms with Gasteiger partial charge in [-0.05, 0) is 0 Å². The molecule has 1 heterocycles. The van der Waals surface area contributed by atoms with E-state index >= 15 is 0 Å². The molecule has 1 aromatic heterocycles. The van der Waals surface area contributed by atoms with Crippen molar-refractivity contribution in [1.82, 2.24) is 25.9 Å². The Balaban J connectivity index is 2.49. The van der Waals surface area contributed by atoms with Gasteiger partial charge in [0.25, 0.3) is 0 Å². The predicted octanol–water partition coefficient (Wildman–Crippen LogP) is -3.44. The molecule has 0 aromatic carbocycles. The number of nitrogens with two attached hydrogens (primary N) is 1. The van der Waals surface area contributed by atoms with Crippen molar-refractivity contribution >= 4 is 29.7 Å². The highest BCUT2D eigenvalue weighted by atomic mass is 16.4. The van der Waals surface area contributed by atoms with Crippen LogP contribution in [0.2, 0.25) is 0 Å². The minimum atomic E-state index is -1.50. The summed E-state index contributed by atoms with van der Waals surface area (Å²) in [6, 6.07) is -2.45. The molecule has 0 aliphatic carbocycles. The summed E-state index contributed by atoms with van der Waals surface area (Å²) >= 11 is 0. The number of aromatic nitrogens is 2. The van der Waals surface area contributed by atoms with E-state index in [4.69, 9.17) is 15.9 Å². The number of nitrogens with zero attached hydrogens (tertiary/aromatic N) is 1. The number of aliphatic carboxylic acids is 2. The number of carboxylic acids is 2. The van der Waals surface area contributed by atoms with Crippen LogP contribution in [0.25, 0.3) is 0 Å². The van der Waals surface area contributed by atoms with Crippen LogP contribution in [0.1, 0.15) is 12.1 Å². The van der Waals surface area contributed by atoms with Crippen molar-refractivity contribution < 1.29 is 34.2 Å². The van der Waals surface area contributed by atoms with Crippen LogP contribution in [-0.2, 0) is 30.4 Å². The van der Waals surface area contributed by atoms with E-state index in [0.29, 0.717) is 5.69 Å². The fourth-order valence-corrected chi connectivity index (χ4v) is 1.94. The van der Waals surface area contributed by atoms with Crippen LogP contribution in [0, 0.1) is 0 Å². The Labute approximate surface area is 152 Å². The van der Waals surface area contributed by atoms with Crippen LogP contribution in [0.4, 0.5) is 0 Å². The van der Waals surface area contributed by atoms with E-state index in [1.165, 1.54) is 12.5 Å². The fraction of sp³-hybridized carbons (Fsp3) is 0.429. The molecule has 13 heteroatoms. The average Bonchev–Trinajstić information content (AvgIpc) is 3.09. The first-order chi connectivity index (χ1) is 12.7. The molecular formula is C14H20N6O7. The molecule has 2 unspecified atom stereocenters. The number of nitrogens with one attached hydrogen (secondary N) is 4. The van der Waals surface area contributed by atoms with Gasteiger partial charge >= 0.3 is 11.9 Å². The molecule has 2 atom stereocenters. The summed E-state index contributed by atoms with van der Waals surface area (Å²) in [5.74, 6) is -5.16. The van der Waals surface area contributed by atoms with Gasteiger partial charge in [-0.1, -0.05) is 0 Å². The molecule has 27 heavy (non-hydrogen) atoms. The summed E-state index contributed by atoms with van der Waals surface area (Å²) in [5.41, 5.74) is 6.31. The lowest BCUT2D eigenvalue weighted by atomic mass is 10.1. The van der Waals surface area contributed by atoms with Gasteiger partial charge in [-0.2, -0.15) is 0 Å². The number of imidazole rings is 1. The van der Waals surface area contributed by atoms with E-state index < -0.39 is 61.3 Å². The number of rotatable bonds is 11. The number of hydrogen-bond acceptors (Lipinski definition) is 7. The molecule has 0 fully saturated rings. The Hall–Kier alpha value is -3.48. The van der Waals surface area contributed by atoms with Crippen LogP contribution in [0.3, 0.4) is 0 Å². The molecule has 0 saturated heterocycles. The van der Waals surface area contributed by atoms with Crippen LogP contribution < -0.4 is 21.7 Å². The number of amides is 3. The minimum absolute atomic E-state index is 0.159. The normalized spacial score (nSPS) is 12.5. The van der Waals surface area contributed by atoms with Crippen molar-refractivity contribution in [2.45, 2.75) is 24.9 Å². The van der Waals surface area contributed by atoms with Gasteiger partial charge in [-0.3, -0.25) is 24.0 Å². The van der Waals surface area contributed by atoms with Gasteiger partial charge in [-0.25, -0.2) is 4.98 Å². The van der Waals surface area contributed by atoms with Crippen molar-refractivity contribution in [3.63, 3.8) is 0 Å². The van der Waals surface area contributed by atoms with Crippen molar-refractivity contribution in [2.75, 3.05) is 13.1 Å². The van der Waals surface area contributed by atoms with Gasteiger partial charge in [0.15, 0.2) is 0 Å². The molecule has 1 rings (SSSR count). The second kappa shape index (κ2) is 10.5. The van der Waals surface area contributed by atoms with Gasteiger partial charge in [-0.15, -0.1) is 0 Å². The monoisotopic (exact) mass is 384 g/mol. The van der Waals surface area contributed by atoms with E-state index in [-0.39, 0.29) is 6.42 Å². The molecule has 1 aromatic rings. The molecule has 0 spiro atoms. The van der Waals surface area contributed by atoms with Crippen LogP contribution in [-0.4, -0.2) is 75.0 Å². The van der Waals surface area contributed by atoms with Crippen LogP contribution in [0.15, 0.2) is 12.5 Å². The Morgan fingerprint density at radius 1 is 1.07 bits per heavy atom. The summed E-state index contributed by atoms with van der Waals surface area (Å²) in [6.45, 7) is -1.28. The number of hydrogen-bond donors (Lipinski definition) is 7. The summed E-state index contributed by atoms with van der Waals surface area (Å²) < 4.78 is 0. The maximum Gasteiger partial charge on any atom is 0.322 e. The summed E-state index contributed by atoms with van der Waals surface area (Å²) in [7, 11) is 0. The lowest BCUT2D eigenvalue weighted by Crippen LogP contribution is -2.52. The van der Waals surface area contributed by atoms with Gasteiger partial charge in [0.05, 0.1) is 25.3 Å². The first kappa shape index (κ1) is 21.6. The molecule has 3 amide bonds. The average molecular weight is 384 g/mol. The lowest BCUT2D eigenvalue weighted by Gasteiger charge is -2.17.